The molecule has 0 amide bonds. The second kappa shape index (κ2) is 5.16. The summed E-state index contributed by atoms with van der Waals surface area (Å²) in [5, 5.41) is 9.60. The third kappa shape index (κ3) is 2.36. The zero-order valence-corrected chi connectivity index (χ0v) is 11.5. The van der Waals surface area contributed by atoms with Gasteiger partial charge in [-0.15, -0.1) is 0 Å². The van der Waals surface area contributed by atoms with E-state index in [9.17, 15) is 9.50 Å². The summed E-state index contributed by atoms with van der Waals surface area (Å²) in [6.45, 7) is 0. The summed E-state index contributed by atoms with van der Waals surface area (Å²) in [6.07, 6.45) is 3.13. The molecule has 1 aliphatic carbocycles. The number of hydrogen-bond acceptors (Lipinski definition) is 2. The second-order valence-corrected chi connectivity index (χ2v) is 5.38. The van der Waals surface area contributed by atoms with Crippen molar-refractivity contribution in [3.8, 4) is 5.75 Å². The van der Waals surface area contributed by atoms with Crippen LogP contribution in [0.5, 0.6) is 5.75 Å². The molecular weight excluding hydrogens is 253 g/mol. The average Bonchev–Trinajstić information content (AvgIpc) is 2.45. The Hall–Kier alpha value is -2.03. The summed E-state index contributed by atoms with van der Waals surface area (Å²) in [4.78, 5) is 2.12. The lowest BCUT2D eigenvalue weighted by atomic mass is 9.86. The van der Waals surface area contributed by atoms with Crippen molar-refractivity contribution in [1.29, 1.82) is 0 Å². The fourth-order valence-electron chi connectivity index (χ4n) is 3.05. The highest BCUT2D eigenvalue weighted by atomic mass is 19.1. The fraction of sp³-hybridized carbons (Fsp3) is 0.294. The first kappa shape index (κ1) is 13.0. The van der Waals surface area contributed by atoms with Crippen LogP contribution in [0, 0.1) is 5.82 Å². The van der Waals surface area contributed by atoms with Gasteiger partial charge in [0, 0.05) is 12.7 Å². The number of anilines is 1. The van der Waals surface area contributed by atoms with Gasteiger partial charge in [-0.25, -0.2) is 4.39 Å². The van der Waals surface area contributed by atoms with Crippen LogP contribution in [0.2, 0.25) is 0 Å². The van der Waals surface area contributed by atoms with Crippen LogP contribution < -0.4 is 4.90 Å². The molecule has 2 nitrogen and oxygen atoms in total. The highest BCUT2D eigenvalue weighted by Crippen LogP contribution is 2.37. The number of halogens is 1. The van der Waals surface area contributed by atoms with E-state index in [1.807, 2.05) is 25.2 Å². The minimum absolute atomic E-state index is 0.212. The molecule has 1 aliphatic rings. The van der Waals surface area contributed by atoms with Crippen molar-refractivity contribution in [2.45, 2.75) is 25.3 Å². The number of phenolic OH excluding ortho intramolecular Hbond substituents is 1. The Morgan fingerprint density at radius 2 is 2.05 bits per heavy atom. The summed E-state index contributed by atoms with van der Waals surface area (Å²) >= 11 is 0. The van der Waals surface area contributed by atoms with Crippen LogP contribution in [-0.4, -0.2) is 12.2 Å². The fourth-order valence-corrected chi connectivity index (χ4v) is 3.05. The summed E-state index contributed by atoms with van der Waals surface area (Å²) in [5.74, 6) is 0.105. The van der Waals surface area contributed by atoms with Crippen molar-refractivity contribution >= 4 is 5.69 Å². The first-order chi connectivity index (χ1) is 9.65. The maximum absolute atomic E-state index is 13.4. The van der Waals surface area contributed by atoms with E-state index in [2.05, 4.69) is 4.90 Å². The van der Waals surface area contributed by atoms with Gasteiger partial charge in [-0.05, 0) is 60.7 Å². The van der Waals surface area contributed by atoms with Crippen LogP contribution in [0.3, 0.4) is 0 Å². The zero-order valence-electron chi connectivity index (χ0n) is 11.5. The van der Waals surface area contributed by atoms with Gasteiger partial charge in [0.2, 0.25) is 0 Å². The molecule has 0 saturated carbocycles. The number of rotatable bonds is 2. The SMILES string of the molecule is CN(c1cccc(F)c1)C1CCCc2cc(O)ccc21. The van der Waals surface area contributed by atoms with E-state index in [1.165, 1.54) is 17.2 Å². The number of phenols is 1. The predicted molar refractivity (Wildman–Crippen MR) is 78.6 cm³/mol. The minimum Gasteiger partial charge on any atom is -0.508 e. The van der Waals surface area contributed by atoms with Gasteiger partial charge in [-0.1, -0.05) is 12.1 Å². The summed E-state index contributed by atoms with van der Waals surface area (Å²) in [7, 11) is 2.00. The van der Waals surface area contributed by atoms with Crippen LogP contribution >= 0.6 is 0 Å². The molecule has 3 rings (SSSR count). The van der Waals surface area contributed by atoms with Crippen molar-refractivity contribution in [3.63, 3.8) is 0 Å². The standard InChI is InChI=1S/C17H18FNO/c1-19(14-6-3-5-13(18)11-14)17-7-2-4-12-10-15(20)8-9-16(12)17/h3,5-6,8-11,17,20H,2,4,7H2,1H3. The van der Waals surface area contributed by atoms with Gasteiger partial charge in [-0.3, -0.25) is 0 Å². The minimum atomic E-state index is -0.212. The Labute approximate surface area is 118 Å². The highest BCUT2D eigenvalue weighted by molar-refractivity contribution is 5.50. The molecule has 2 aromatic carbocycles. The summed E-state index contributed by atoms with van der Waals surface area (Å²) in [5.41, 5.74) is 3.32. The lowest BCUT2D eigenvalue weighted by Crippen LogP contribution is -2.27. The van der Waals surface area contributed by atoms with E-state index in [0.717, 1.165) is 24.9 Å². The average molecular weight is 271 g/mol. The first-order valence-electron chi connectivity index (χ1n) is 6.95. The molecule has 0 aliphatic heterocycles. The molecule has 1 unspecified atom stereocenters. The second-order valence-electron chi connectivity index (χ2n) is 5.38. The monoisotopic (exact) mass is 271 g/mol. The number of aromatic hydroxyl groups is 1. The topological polar surface area (TPSA) is 23.5 Å². The normalized spacial score (nSPS) is 17.6. The van der Waals surface area contributed by atoms with Crippen molar-refractivity contribution in [3.05, 3.63) is 59.4 Å². The molecular formula is C17H18FNO. The molecule has 104 valence electrons. The number of benzene rings is 2. The van der Waals surface area contributed by atoms with Gasteiger partial charge in [0.05, 0.1) is 6.04 Å². The van der Waals surface area contributed by atoms with Gasteiger partial charge in [-0.2, -0.15) is 0 Å². The smallest absolute Gasteiger partial charge is 0.125 e. The lowest BCUT2D eigenvalue weighted by Gasteiger charge is -2.35. The molecule has 0 spiro atoms. The quantitative estimate of drug-likeness (QED) is 0.891. The van der Waals surface area contributed by atoms with Crippen molar-refractivity contribution in [2.75, 3.05) is 11.9 Å². The summed E-state index contributed by atoms with van der Waals surface area (Å²) in [6, 6.07) is 12.5. The maximum atomic E-state index is 13.4. The molecule has 0 fully saturated rings. The van der Waals surface area contributed by atoms with E-state index in [4.69, 9.17) is 0 Å². The number of aryl methyl sites for hydroxylation is 1. The number of fused-ring (bicyclic) bond motifs is 1. The van der Waals surface area contributed by atoms with E-state index < -0.39 is 0 Å². The van der Waals surface area contributed by atoms with Crippen LogP contribution in [0.25, 0.3) is 0 Å². The van der Waals surface area contributed by atoms with Crippen LogP contribution in [-0.2, 0) is 6.42 Å². The number of nitrogens with zero attached hydrogens (tertiary/aromatic N) is 1. The molecule has 0 aromatic heterocycles. The summed E-state index contributed by atoms with van der Waals surface area (Å²) < 4.78 is 13.4. The van der Waals surface area contributed by atoms with Crippen LogP contribution in [0.4, 0.5) is 10.1 Å². The van der Waals surface area contributed by atoms with Gasteiger partial charge in [0.25, 0.3) is 0 Å². The molecule has 3 heteroatoms. The van der Waals surface area contributed by atoms with Crippen molar-refractivity contribution in [2.24, 2.45) is 0 Å². The van der Waals surface area contributed by atoms with Gasteiger partial charge < -0.3 is 10.0 Å². The lowest BCUT2D eigenvalue weighted by molar-refractivity contribution is 0.470. The van der Waals surface area contributed by atoms with E-state index in [1.54, 1.807) is 18.2 Å². The van der Waals surface area contributed by atoms with Gasteiger partial charge >= 0.3 is 0 Å². The molecule has 20 heavy (non-hydrogen) atoms. The molecule has 2 aromatic rings. The Balaban J connectivity index is 1.96. The van der Waals surface area contributed by atoms with Crippen LogP contribution in [0.1, 0.15) is 30.0 Å². The Bertz CT molecular complexity index is 626. The zero-order chi connectivity index (χ0) is 14.1. The number of hydrogen-bond donors (Lipinski definition) is 1. The molecule has 0 saturated heterocycles. The molecule has 0 radical (unpaired) electrons. The van der Waals surface area contributed by atoms with Gasteiger partial charge in [0.15, 0.2) is 0 Å². The van der Waals surface area contributed by atoms with E-state index >= 15 is 0 Å². The predicted octanol–water partition coefficient (Wildman–Crippen LogP) is 4.05. The van der Waals surface area contributed by atoms with Crippen LogP contribution in [0.15, 0.2) is 42.5 Å². The molecule has 1 atom stereocenters. The van der Waals surface area contributed by atoms with Crippen molar-refractivity contribution in [1.82, 2.24) is 0 Å². The Morgan fingerprint density at radius 1 is 1.20 bits per heavy atom. The third-order valence-corrected chi connectivity index (χ3v) is 4.09. The maximum Gasteiger partial charge on any atom is 0.125 e. The highest BCUT2D eigenvalue weighted by Gasteiger charge is 2.24. The van der Waals surface area contributed by atoms with Crippen molar-refractivity contribution < 1.29 is 9.50 Å². The van der Waals surface area contributed by atoms with E-state index in [-0.39, 0.29) is 11.9 Å². The molecule has 1 N–H and O–H groups in total. The first-order valence-corrected chi connectivity index (χ1v) is 6.95. The third-order valence-electron chi connectivity index (χ3n) is 4.09. The van der Waals surface area contributed by atoms with Gasteiger partial charge in [0.1, 0.15) is 11.6 Å². The molecule has 0 bridgehead atoms. The Kier molecular flexibility index (Phi) is 3.35. The van der Waals surface area contributed by atoms with E-state index in [0.29, 0.717) is 5.75 Å². The molecule has 0 heterocycles. The Morgan fingerprint density at radius 3 is 2.85 bits per heavy atom. The largest absolute Gasteiger partial charge is 0.508 e.